The highest BCUT2D eigenvalue weighted by Crippen LogP contribution is 2.30. The lowest BCUT2D eigenvalue weighted by molar-refractivity contribution is -0.137. The molecule has 0 spiro atoms. The first kappa shape index (κ1) is 22.7. The molecule has 2 amide bonds. The van der Waals surface area contributed by atoms with E-state index in [9.17, 15) is 22.8 Å². The molecule has 0 saturated carbocycles. The number of rotatable bonds is 9. The van der Waals surface area contributed by atoms with Crippen molar-refractivity contribution in [3.63, 3.8) is 0 Å². The molecule has 0 aliphatic heterocycles. The molecule has 2 N–H and O–H groups in total. The van der Waals surface area contributed by atoms with Crippen molar-refractivity contribution in [2.24, 2.45) is 5.16 Å². The maximum absolute atomic E-state index is 12.6. The summed E-state index contributed by atoms with van der Waals surface area (Å²) in [6.07, 6.45) is -3.18. The van der Waals surface area contributed by atoms with Crippen LogP contribution in [0.2, 0.25) is 0 Å². The standard InChI is InChI=1S/C20H20F3N3O4/c1-29-17-7-5-14(6-8-17)9-10-24-19(28)13-30-25-12-18(27)26-16-4-2-3-15(11-16)20(21,22)23/h2-8,11-12H,9-10,13H2,1H3,(H,24,28)(H,26,27)/b25-12+. The molecule has 2 rings (SSSR count). The van der Waals surface area contributed by atoms with Gasteiger partial charge in [-0.05, 0) is 42.3 Å². The molecule has 2 aromatic carbocycles. The molecule has 7 nitrogen and oxygen atoms in total. The summed E-state index contributed by atoms with van der Waals surface area (Å²) in [7, 11) is 1.58. The van der Waals surface area contributed by atoms with E-state index in [2.05, 4.69) is 15.8 Å². The fourth-order valence-corrected chi connectivity index (χ4v) is 2.32. The van der Waals surface area contributed by atoms with Gasteiger partial charge in [0.05, 0.1) is 12.7 Å². The Balaban J connectivity index is 1.67. The maximum atomic E-state index is 12.6. The molecule has 0 unspecified atom stereocenters. The van der Waals surface area contributed by atoms with Gasteiger partial charge in [-0.15, -0.1) is 0 Å². The number of nitrogens with zero attached hydrogens (tertiary/aromatic N) is 1. The molecule has 0 radical (unpaired) electrons. The van der Waals surface area contributed by atoms with E-state index in [1.165, 1.54) is 12.1 Å². The zero-order chi connectivity index (χ0) is 22.0. The first-order valence-electron chi connectivity index (χ1n) is 8.81. The number of anilines is 1. The van der Waals surface area contributed by atoms with Crippen LogP contribution in [0.5, 0.6) is 5.75 Å². The summed E-state index contributed by atoms with van der Waals surface area (Å²) in [6, 6.07) is 11.6. The Kier molecular flexibility index (Phi) is 8.21. The van der Waals surface area contributed by atoms with Crippen molar-refractivity contribution >= 4 is 23.7 Å². The topological polar surface area (TPSA) is 89.0 Å². The van der Waals surface area contributed by atoms with E-state index in [-0.39, 0.29) is 5.69 Å². The maximum Gasteiger partial charge on any atom is 0.416 e. The van der Waals surface area contributed by atoms with Gasteiger partial charge in [0.25, 0.3) is 11.8 Å². The molecule has 10 heteroatoms. The Morgan fingerprint density at radius 3 is 2.53 bits per heavy atom. The van der Waals surface area contributed by atoms with Crippen molar-refractivity contribution in [3.05, 3.63) is 59.7 Å². The first-order valence-corrected chi connectivity index (χ1v) is 8.81. The number of alkyl halides is 3. The van der Waals surface area contributed by atoms with Crippen molar-refractivity contribution < 1.29 is 32.3 Å². The lowest BCUT2D eigenvalue weighted by Crippen LogP contribution is -2.29. The summed E-state index contributed by atoms with van der Waals surface area (Å²) in [5.41, 5.74) is 0.0821. The smallest absolute Gasteiger partial charge is 0.416 e. The van der Waals surface area contributed by atoms with Crippen LogP contribution in [0.4, 0.5) is 18.9 Å². The quantitative estimate of drug-likeness (QED) is 0.479. The van der Waals surface area contributed by atoms with Crippen LogP contribution >= 0.6 is 0 Å². The number of ether oxygens (including phenoxy) is 1. The van der Waals surface area contributed by atoms with Crippen LogP contribution < -0.4 is 15.4 Å². The van der Waals surface area contributed by atoms with Gasteiger partial charge in [-0.25, -0.2) is 0 Å². The van der Waals surface area contributed by atoms with Crippen LogP contribution in [-0.2, 0) is 27.0 Å². The van der Waals surface area contributed by atoms with Crippen molar-refractivity contribution in [2.45, 2.75) is 12.6 Å². The van der Waals surface area contributed by atoms with Crippen molar-refractivity contribution in [2.75, 3.05) is 25.6 Å². The Hall–Kier alpha value is -3.56. The molecule has 0 aromatic heterocycles. The van der Waals surface area contributed by atoms with Gasteiger partial charge in [-0.3, -0.25) is 9.59 Å². The monoisotopic (exact) mass is 423 g/mol. The summed E-state index contributed by atoms with van der Waals surface area (Å²) in [4.78, 5) is 28.0. The Morgan fingerprint density at radius 1 is 1.13 bits per heavy atom. The van der Waals surface area contributed by atoms with Crippen LogP contribution in [0.15, 0.2) is 53.7 Å². The zero-order valence-electron chi connectivity index (χ0n) is 16.0. The Bertz CT molecular complexity index is 884. The van der Waals surface area contributed by atoms with Gasteiger partial charge in [0, 0.05) is 12.2 Å². The van der Waals surface area contributed by atoms with Gasteiger partial charge in [0.2, 0.25) is 0 Å². The molecular weight excluding hydrogens is 403 g/mol. The summed E-state index contributed by atoms with van der Waals surface area (Å²) in [5.74, 6) is -0.487. The van der Waals surface area contributed by atoms with Crippen LogP contribution in [0.25, 0.3) is 0 Å². The van der Waals surface area contributed by atoms with Gasteiger partial charge >= 0.3 is 6.18 Å². The highest BCUT2D eigenvalue weighted by molar-refractivity contribution is 6.31. The van der Waals surface area contributed by atoms with Crippen LogP contribution in [0.1, 0.15) is 11.1 Å². The van der Waals surface area contributed by atoms with Gasteiger partial charge in [-0.2, -0.15) is 13.2 Å². The van der Waals surface area contributed by atoms with Gasteiger partial charge in [-0.1, -0.05) is 23.4 Å². The molecule has 160 valence electrons. The molecule has 0 bridgehead atoms. The number of hydrogen-bond acceptors (Lipinski definition) is 5. The molecule has 0 heterocycles. The predicted molar refractivity (Wildman–Crippen MR) is 104 cm³/mol. The Morgan fingerprint density at radius 2 is 1.87 bits per heavy atom. The number of benzene rings is 2. The summed E-state index contributed by atoms with van der Waals surface area (Å²) in [6.45, 7) is -0.0236. The molecule has 2 aromatic rings. The fourth-order valence-electron chi connectivity index (χ4n) is 2.32. The summed E-state index contributed by atoms with van der Waals surface area (Å²) in [5, 5.41) is 8.19. The second-order valence-electron chi connectivity index (χ2n) is 6.02. The van der Waals surface area contributed by atoms with E-state index >= 15 is 0 Å². The number of oxime groups is 1. The number of hydrogen-bond donors (Lipinski definition) is 2. The number of amides is 2. The second-order valence-corrected chi connectivity index (χ2v) is 6.02. The largest absolute Gasteiger partial charge is 0.497 e. The predicted octanol–water partition coefficient (Wildman–Crippen LogP) is 3.01. The van der Waals surface area contributed by atoms with E-state index in [0.29, 0.717) is 13.0 Å². The average Bonchev–Trinajstić information content (AvgIpc) is 2.71. The van der Waals surface area contributed by atoms with Crippen molar-refractivity contribution in [1.82, 2.24) is 5.32 Å². The SMILES string of the molecule is COc1ccc(CCNC(=O)CO/N=C/C(=O)Nc2cccc(C(F)(F)F)c2)cc1. The van der Waals surface area contributed by atoms with Crippen LogP contribution in [-0.4, -0.2) is 38.3 Å². The third-order valence-electron chi connectivity index (χ3n) is 3.79. The third kappa shape index (κ3) is 7.82. The van der Waals surface area contributed by atoms with Gasteiger partial charge < -0.3 is 20.2 Å². The van der Waals surface area contributed by atoms with Crippen LogP contribution in [0, 0.1) is 0 Å². The molecule has 0 atom stereocenters. The van der Waals surface area contributed by atoms with Gasteiger partial charge in [0.15, 0.2) is 6.61 Å². The number of methoxy groups -OCH3 is 1. The van der Waals surface area contributed by atoms with E-state index < -0.39 is 30.2 Å². The lowest BCUT2D eigenvalue weighted by Gasteiger charge is -2.08. The van der Waals surface area contributed by atoms with Gasteiger partial charge in [0.1, 0.15) is 12.0 Å². The second kappa shape index (κ2) is 10.8. The Labute approximate surface area is 170 Å². The molecule has 0 fully saturated rings. The minimum absolute atomic E-state index is 0.0439. The first-order chi connectivity index (χ1) is 14.3. The summed E-state index contributed by atoms with van der Waals surface area (Å²) < 4.78 is 43.0. The number of carbonyl (C=O) groups excluding carboxylic acids is 2. The number of carbonyl (C=O) groups is 2. The molecule has 0 aliphatic rings. The van der Waals surface area contributed by atoms with E-state index in [1.54, 1.807) is 7.11 Å². The molecule has 30 heavy (non-hydrogen) atoms. The van der Waals surface area contributed by atoms with E-state index in [0.717, 1.165) is 29.7 Å². The van der Waals surface area contributed by atoms with E-state index in [1.807, 2.05) is 24.3 Å². The van der Waals surface area contributed by atoms with E-state index in [4.69, 9.17) is 9.57 Å². The summed E-state index contributed by atoms with van der Waals surface area (Å²) >= 11 is 0. The van der Waals surface area contributed by atoms with Crippen molar-refractivity contribution in [1.29, 1.82) is 0 Å². The zero-order valence-corrected chi connectivity index (χ0v) is 16.0. The highest BCUT2D eigenvalue weighted by Gasteiger charge is 2.30. The van der Waals surface area contributed by atoms with Crippen molar-refractivity contribution in [3.8, 4) is 5.75 Å². The number of nitrogens with one attached hydrogen (secondary N) is 2. The average molecular weight is 423 g/mol. The fraction of sp³-hybridized carbons (Fsp3) is 0.250. The molecule has 0 saturated heterocycles. The molecule has 0 aliphatic carbocycles. The number of halogens is 3. The highest BCUT2D eigenvalue weighted by atomic mass is 19.4. The lowest BCUT2D eigenvalue weighted by atomic mass is 10.1. The minimum atomic E-state index is -4.52. The minimum Gasteiger partial charge on any atom is -0.497 e. The van der Waals surface area contributed by atoms with Crippen LogP contribution in [0.3, 0.4) is 0 Å². The molecular formula is C20H20F3N3O4. The third-order valence-corrected chi connectivity index (χ3v) is 3.79. The normalized spacial score (nSPS) is 11.2.